The average molecular weight is 276 g/mol. The van der Waals surface area contributed by atoms with Gasteiger partial charge < -0.3 is 14.8 Å². The molecule has 0 bridgehead atoms. The Bertz CT molecular complexity index is 568. The molecule has 0 fully saturated rings. The van der Waals surface area contributed by atoms with Crippen LogP contribution >= 0.6 is 11.3 Å². The zero-order valence-electron chi connectivity index (χ0n) is 10.8. The van der Waals surface area contributed by atoms with Crippen molar-refractivity contribution in [1.29, 1.82) is 0 Å². The fraction of sp³-hybridized carbons (Fsp3) is 0.357. The topological polar surface area (TPSA) is 43.4 Å². The maximum atomic E-state index is 5.52. The van der Waals surface area contributed by atoms with Crippen LogP contribution in [0.4, 0.5) is 5.13 Å². The molecule has 0 aliphatic carbocycles. The van der Waals surface area contributed by atoms with Crippen LogP contribution in [0.1, 0.15) is 5.56 Å². The number of fused-ring (bicyclic) bond motifs is 1. The van der Waals surface area contributed by atoms with Crippen LogP contribution in [0, 0.1) is 0 Å². The second kappa shape index (κ2) is 5.59. The number of rotatable bonds is 5. The van der Waals surface area contributed by atoms with Crippen LogP contribution in [-0.2, 0) is 11.2 Å². The molecule has 0 radical (unpaired) electrons. The third-order valence-electron chi connectivity index (χ3n) is 3.06. The number of thiazole rings is 1. The van der Waals surface area contributed by atoms with Gasteiger partial charge in [-0.1, -0.05) is 11.3 Å². The smallest absolute Gasteiger partial charge is 0.183 e. The first-order valence-corrected chi connectivity index (χ1v) is 7.13. The molecule has 0 spiro atoms. The normalized spacial score (nSPS) is 13.1. The number of aromatic nitrogens is 1. The molecule has 0 saturated carbocycles. The number of benzene rings is 1. The largest absolute Gasteiger partial charge is 0.493 e. The molecule has 2 heterocycles. The van der Waals surface area contributed by atoms with E-state index in [9.17, 15) is 0 Å². The van der Waals surface area contributed by atoms with E-state index in [0.717, 1.165) is 30.5 Å². The highest BCUT2D eigenvalue weighted by molar-refractivity contribution is 7.18. The second-order valence-electron chi connectivity index (χ2n) is 4.37. The van der Waals surface area contributed by atoms with Crippen LogP contribution in [0.5, 0.6) is 5.75 Å². The SMILES string of the molecule is COCCNc1ncc(-c2ccc3c(c2)CCO3)s1. The summed E-state index contributed by atoms with van der Waals surface area (Å²) in [6.45, 7) is 2.26. The number of nitrogens with zero attached hydrogens (tertiary/aromatic N) is 1. The van der Waals surface area contributed by atoms with Crippen molar-refractivity contribution in [3.63, 3.8) is 0 Å². The van der Waals surface area contributed by atoms with Crippen molar-refractivity contribution in [3.05, 3.63) is 30.0 Å². The second-order valence-corrected chi connectivity index (χ2v) is 5.40. The van der Waals surface area contributed by atoms with Gasteiger partial charge in [-0.3, -0.25) is 0 Å². The molecule has 0 saturated heterocycles. The van der Waals surface area contributed by atoms with E-state index >= 15 is 0 Å². The van der Waals surface area contributed by atoms with Crippen molar-refractivity contribution in [3.8, 4) is 16.2 Å². The standard InChI is InChI=1S/C14H16N2O2S/c1-17-7-5-15-14-16-9-13(19-14)11-2-3-12-10(8-11)4-6-18-12/h2-3,8-9H,4-7H2,1H3,(H,15,16). The van der Waals surface area contributed by atoms with Gasteiger partial charge >= 0.3 is 0 Å². The zero-order valence-corrected chi connectivity index (χ0v) is 11.6. The van der Waals surface area contributed by atoms with Gasteiger partial charge in [-0.05, 0) is 29.3 Å². The lowest BCUT2D eigenvalue weighted by Gasteiger charge is -2.01. The first-order chi connectivity index (χ1) is 9.36. The predicted molar refractivity (Wildman–Crippen MR) is 77.1 cm³/mol. The summed E-state index contributed by atoms with van der Waals surface area (Å²) < 4.78 is 10.5. The highest BCUT2D eigenvalue weighted by Crippen LogP contribution is 2.34. The summed E-state index contributed by atoms with van der Waals surface area (Å²) in [5.41, 5.74) is 2.50. The first kappa shape index (κ1) is 12.4. The Balaban J connectivity index is 1.75. The predicted octanol–water partition coefficient (Wildman–Crippen LogP) is 2.80. The minimum Gasteiger partial charge on any atom is -0.493 e. The molecule has 1 aromatic heterocycles. The molecular weight excluding hydrogens is 260 g/mol. The van der Waals surface area contributed by atoms with E-state index in [0.29, 0.717) is 6.61 Å². The number of methoxy groups -OCH3 is 1. The van der Waals surface area contributed by atoms with Gasteiger partial charge in [0.25, 0.3) is 0 Å². The lowest BCUT2D eigenvalue weighted by Crippen LogP contribution is -2.06. The lowest BCUT2D eigenvalue weighted by atomic mass is 10.1. The number of ether oxygens (including phenoxy) is 2. The minimum atomic E-state index is 0.686. The van der Waals surface area contributed by atoms with E-state index in [2.05, 4.69) is 28.5 Å². The molecule has 100 valence electrons. The summed E-state index contributed by atoms with van der Waals surface area (Å²) in [4.78, 5) is 5.55. The molecule has 1 aliphatic rings. The molecule has 4 nitrogen and oxygen atoms in total. The molecule has 0 unspecified atom stereocenters. The van der Waals surface area contributed by atoms with Gasteiger partial charge in [0.15, 0.2) is 5.13 Å². The van der Waals surface area contributed by atoms with Crippen molar-refractivity contribution in [1.82, 2.24) is 4.98 Å². The Hall–Kier alpha value is -1.59. The van der Waals surface area contributed by atoms with Crippen molar-refractivity contribution >= 4 is 16.5 Å². The molecule has 3 rings (SSSR count). The van der Waals surface area contributed by atoms with Crippen LogP contribution in [-0.4, -0.2) is 31.9 Å². The average Bonchev–Trinajstić information content (AvgIpc) is 3.06. The summed E-state index contributed by atoms with van der Waals surface area (Å²) in [5, 5.41) is 4.18. The van der Waals surface area contributed by atoms with E-state index in [1.54, 1.807) is 18.4 Å². The summed E-state index contributed by atoms with van der Waals surface area (Å²) in [6, 6.07) is 6.35. The maximum Gasteiger partial charge on any atom is 0.183 e. The maximum absolute atomic E-state index is 5.52. The van der Waals surface area contributed by atoms with Crippen LogP contribution in [0.2, 0.25) is 0 Å². The summed E-state index contributed by atoms with van der Waals surface area (Å²) in [6.07, 6.45) is 2.91. The third kappa shape index (κ3) is 2.72. The molecular formula is C14H16N2O2S. The summed E-state index contributed by atoms with van der Waals surface area (Å²) >= 11 is 1.66. The molecule has 5 heteroatoms. The molecule has 19 heavy (non-hydrogen) atoms. The first-order valence-electron chi connectivity index (χ1n) is 6.31. The van der Waals surface area contributed by atoms with E-state index in [4.69, 9.17) is 9.47 Å². The molecule has 2 aromatic rings. The summed E-state index contributed by atoms with van der Waals surface area (Å²) in [5.74, 6) is 1.02. The Labute approximate surface area is 116 Å². The van der Waals surface area contributed by atoms with Crippen LogP contribution < -0.4 is 10.1 Å². The van der Waals surface area contributed by atoms with E-state index in [1.165, 1.54) is 16.0 Å². The fourth-order valence-electron chi connectivity index (χ4n) is 2.09. The van der Waals surface area contributed by atoms with Gasteiger partial charge in [0, 0.05) is 26.3 Å². The van der Waals surface area contributed by atoms with Gasteiger partial charge in [0.05, 0.1) is 18.1 Å². The Morgan fingerprint density at radius 2 is 2.42 bits per heavy atom. The molecule has 1 aliphatic heterocycles. The van der Waals surface area contributed by atoms with E-state index in [1.807, 2.05) is 6.20 Å². The molecule has 1 aromatic carbocycles. The minimum absolute atomic E-state index is 0.686. The quantitative estimate of drug-likeness (QED) is 0.853. The lowest BCUT2D eigenvalue weighted by molar-refractivity contribution is 0.211. The number of hydrogen-bond acceptors (Lipinski definition) is 5. The number of nitrogens with one attached hydrogen (secondary N) is 1. The van der Waals surface area contributed by atoms with Gasteiger partial charge in [-0.25, -0.2) is 4.98 Å². The molecule has 0 atom stereocenters. The Morgan fingerprint density at radius 3 is 3.32 bits per heavy atom. The van der Waals surface area contributed by atoms with Gasteiger partial charge in [-0.15, -0.1) is 0 Å². The van der Waals surface area contributed by atoms with Crippen molar-refractivity contribution in [2.24, 2.45) is 0 Å². The Morgan fingerprint density at radius 1 is 1.47 bits per heavy atom. The zero-order chi connectivity index (χ0) is 13.1. The highest BCUT2D eigenvalue weighted by atomic mass is 32.1. The number of hydrogen-bond donors (Lipinski definition) is 1. The van der Waals surface area contributed by atoms with Gasteiger partial charge in [0.2, 0.25) is 0 Å². The van der Waals surface area contributed by atoms with Gasteiger partial charge in [0.1, 0.15) is 5.75 Å². The van der Waals surface area contributed by atoms with Crippen LogP contribution in [0.25, 0.3) is 10.4 Å². The van der Waals surface area contributed by atoms with E-state index < -0.39 is 0 Å². The van der Waals surface area contributed by atoms with Gasteiger partial charge in [-0.2, -0.15) is 0 Å². The molecule has 1 N–H and O–H groups in total. The van der Waals surface area contributed by atoms with Crippen LogP contribution in [0.15, 0.2) is 24.4 Å². The van der Waals surface area contributed by atoms with E-state index in [-0.39, 0.29) is 0 Å². The summed E-state index contributed by atoms with van der Waals surface area (Å²) in [7, 11) is 1.70. The monoisotopic (exact) mass is 276 g/mol. The third-order valence-corrected chi connectivity index (χ3v) is 4.07. The Kier molecular flexibility index (Phi) is 3.66. The van der Waals surface area contributed by atoms with Crippen molar-refractivity contribution in [2.45, 2.75) is 6.42 Å². The van der Waals surface area contributed by atoms with Crippen molar-refractivity contribution in [2.75, 3.05) is 32.2 Å². The van der Waals surface area contributed by atoms with Crippen LogP contribution in [0.3, 0.4) is 0 Å². The fourth-order valence-corrected chi connectivity index (χ4v) is 2.93. The van der Waals surface area contributed by atoms with Crippen molar-refractivity contribution < 1.29 is 9.47 Å². The number of anilines is 1. The molecule has 0 amide bonds. The highest BCUT2D eigenvalue weighted by Gasteiger charge is 2.13.